The van der Waals surface area contributed by atoms with Crippen LogP contribution in [0.25, 0.3) is 0 Å². The number of benzene rings is 1. The number of phenols is 1. The van der Waals surface area contributed by atoms with Gasteiger partial charge in [0.15, 0.2) is 0 Å². The van der Waals surface area contributed by atoms with Crippen molar-refractivity contribution < 1.29 is 9.90 Å². The van der Waals surface area contributed by atoms with E-state index in [-0.39, 0.29) is 17.0 Å². The first-order valence-electron chi connectivity index (χ1n) is 2.99. The van der Waals surface area contributed by atoms with Gasteiger partial charge < -0.3 is 16.6 Å². The molecule has 1 amide bonds. The molecule has 5 N–H and O–H groups in total. The van der Waals surface area contributed by atoms with Gasteiger partial charge in [-0.15, -0.1) is 0 Å². The summed E-state index contributed by atoms with van der Waals surface area (Å²) in [6.07, 6.45) is 0. The average Bonchev–Trinajstić information content (AvgIpc) is 1.94. The number of nitrogens with two attached hydrogens (primary N) is 2. The molecule has 0 radical (unpaired) electrons. The van der Waals surface area contributed by atoms with Crippen LogP contribution in [0.1, 0.15) is 10.4 Å². The molecule has 0 aliphatic carbocycles. The quantitative estimate of drug-likeness (QED) is 0.393. The monoisotopic (exact) mass is 152 g/mol. The van der Waals surface area contributed by atoms with Crippen LogP contribution >= 0.6 is 0 Å². The lowest BCUT2D eigenvalue weighted by Crippen LogP contribution is -2.10. The Labute approximate surface area is 63.4 Å². The second kappa shape index (κ2) is 2.49. The molecule has 11 heavy (non-hydrogen) atoms. The van der Waals surface area contributed by atoms with Crippen molar-refractivity contribution >= 4 is 11.6 Å². The zero-order valence-corrected chi connectivity index (χ0v) is 5.74. The molecule has 0 fully saturated rings. The molecule has 0 aliphatic rings. The number of hydrogen-bond donors (Lipinski definition) is 3. The summed E-state index contributed by atoms with van der Waals surface area (Å²) in [6, 6.07) is 4.12. The van der Waals surface area contributed by atoms with E-state index in [2.05, 4.69) is 0 Å². The molecule has 0 atom stereocenters. The number of carbonyl (C=O) groups excluding carboxylic acids is 1. The Morgan fingerprint density at radius 2 is 2.09 bits per heavy atom. The number of phenolic OH excluding ortho intramolecular Hbond substituents is 1. The minimum absolute atomic E-state index is 0.124. The molecule has 0 saturated heterocycles. The third-order valence-electron chi connectivity index (χ3n) is 1.31. The Balaban J connectivity index is 3.15. The van der Waals surface area contributed by atoms with Gasteiger partial charge in [0.25, 0.3) is 0 Å². The van der Waals surface area contributed by atoms with Crippen LogP contribution in [0.5, 0.6) is 5.75 Å². The van der Waals surface area contributed by atoms with E-state index in [4.69, 9.17) is 16.6 Å². The highest BCUT2D eigenvalue weighted by Gasteiger charge is 2.02. The van der Waals surface area contributed by atoms with Crippen molar-refractivity contribution in [3.05, 3.63) is 23.8 Å². The molecule has 0 aliphatic heterocycles. The smallest absolute Gasteiger partial charge is 0.248 e. The fourth-order valence-electron chi connectivity index (χ4n) is 0.697. The van der Waals surface area contributed by atoms with Gasteiger partial charge >= 0.3 is 0 Å². The fraction of sp³-hybridized carbons (Fsp3) is 0. The standard InChI is InChI=1S/C7H8N2O2/c8-5-2-1-4(7(9)11)3-6(5)10/h1-3,10H,8H2,(H2,9,11). The van der Waals surface area contributed by atoms with E-state index in [1.807, 2.05) is 0 Å². The van der Waals surface area contributed by atoms with Crippen LogP contribution in [0.2, 0.25) is 0 Å². The van der Waals surface area contributed by atoms with Gasteiger partial charge in [0, 0.05) is 5.56 Å². The molecule has 58 valence electrons. The highest BCUT2D eigenvalue weighted by atomic mass is 16.3. The minimum Gasteiger partial charge on any atom is -0.506 e. The van der Waals surface area contributed by atoms with Gasteiger partial charge in [-0.2, -0.15) is 0 Å². The molecule has 1 aromatic rings. The Kier molecular flexibility index (Phi) is 1.68. The number of aromatic hydroxyl groups is 1. The Morgan fingerprint density at radius 1 is 1.45 bits per heavy atom. The first-order chi connectivity index (χ1) is 5.11. The maximum atomic E-state index is 10.5. The maximum absolute atomic E-state index is 10.5. The molecule has 0 unspecified atom stereocenters. The van der Waals surface area contributed by atoms with Crippen molar-refractivity contribution in [2.24, 2.45) is 5.73 Å². The zero-order chi connectivity index (χ0) is 8.43. The largest absolute Gasteiger partial charge is 0.506 e. The van der Waals surface area contributed by atoms with E-state index in [0.29, 0.717) is 0 Å². The lowest BCUT2D eigenvalue weighted by molar-refractivity contribution is 0.1000. The summed E-state index contributed by atoms with van der Waals surface area (Å²) in [5.41, 5.74) is 10.7. The third-order valence-corrected chi connectivity index (χ3v) is 1.31. The van der Waals surface area contributed by atoms with Crippen molar-refractivity contribution in [3.8, 4) is 5.75 Å². The number of nitrogen functional groups attached to an aromatic ring is 1. The van der Waals surface area contributed by atoms with Crippen molar-refractivity contribution in [1.29, 1.82) is 0 Å². The molecule has 0 saturated carbocycles. The molecule has 0 spiro atoms. The predicted molar refractivity (Wildman–Crippen MR) is 41.0 cm³/mol. The molecule has 0 heterocycles. The first kappa shape index (κ1) is 7.40. The van der Waals surface area contributed by atoms with Crippen LogP contribution < -0.4 is 11.5 Å². The van der Waals surface area contributed by atoms with E-state index in [0.717, 1.165) is 0 Å². The van der Waals surface area contributed by atoms with E-state index < -0.39 is 5.91 Å². The molecule has 0 bridgehead atoms. The summed E-state index contributed by atoms with van der Waals surface area (Å²) in [4.78, 5) is 10.5. The maximum Gasteiger partial charge on any atom is 0.248 e. The fourth-order valence-corrected chi connectivity index (χ4v) is 0.697. The van der Waals surface area contributed by atoms with Crippen LogP contribution in [0.3, 0.4) is 0 Å². The number of rotatable bonds is 1. The summed E-state index contributed by atoms with van der Waals surface area (Å²) in [5.74, 6) is -0.707. The van der Waals surface area contributed by atoms with Gasteiger partial charge in [-0.3, -0.25) is 4.79 Å². The van der Waals surface area contributed by atoms with Crippen LogP contribution in [-0.4, -0.2) is 11.0 Å². The molecule has 1 aromatic carbocycles. The number of amides is 1. The van der Waals surface area contributed by atoms with Crippen molar-refractivity contribution in [3.63, 3.8) is 0 Å². The van der Waals surface area contributed by atoms with Crippen LogP contribution in [0.4, 0.5) is 5.69 Å². The Bertz CT molecular complexity index is 296. The van der Waals surface area contributed by atoms with Gasteiger partial charge in [0.1, 0.15) is 5.75 Å². The number of primary amides is 1. The topological polar surface area (TPSA) is 89.3 Å². The lowest BCUT2D eigenvalue weighted by Gasteiger charge is -1.99. The second-order valence-electron chi connectivity index (χ2n) is 2.14. The van der Waals surface area contributed by atoms with E-state index in [1.54, 1.807) is 0 Å². The predicted octanol–water partition coefficient (Wildman–Crippen LogP) is 0.0733. The summed E-state index contributed by atoms with van der Waals surface area (Å²) < 4.78 is 0. The Morgan fingerprint density at radius 3 is 2.55 bits per heavy atom. The van der Waals surface area contributed by atoms with Gasteiger partial charge in [-0.1, -0.05) is 0 Å². The molecule has 4 heteroatoms. The van der Waals surface area contributed by atoms with Gasteiger partial charge in [0.2, 0.25) is 5.91 Å². The van der Waals surface area contributed by atoms with E-state index in [9.17, 15) is 4.79 Å². The molecule has 1 rings (SSSR count). The molecular weight excluding hydrogens is 144 g/mol. The first-order valence-corrected chi connectivity index (χ1v) is 2.99. The van der Waals surface area contributed by atoms with Crippen LogP contribution in [-0.2, 0) is 0 Å². The molecule has 4 nitrogen and oxygen atoms in total. The summed E-state index contributed by atoms with van der Waals surface area (Å²) >= 11 is 0. The average molecular weight is 152 g/mol. The number of carbonyl (C=O) groups is 1. The zero-order valence-electron chi connectivity index (χ0n) is 5.74. The highest BCUT2D eigenvalue weighted by molar-refractivity contribution is 5.93. The summed E-state index contributed by atoms with van der Waals surface area (Å²) in [5, 5.41) is 9.02. The SMILES string of the molecule is NC(=O)c1ccc(N)c(O)c1. The van der Waals surface area contributed by atoms with Gasteiger partial charge in [-0.25, -0.2) is 0 Å². The van der Waals surface area contributed by atoms with Crippen molar-refractivity contribution in [2.45, 2.75) is 0 Å². The van der Waals surface area contributed by atoms with E-state index >= 15 is 0 Å². The highest BCUT2D eigenvalue weighted by Crippen LogP contribution is 2.19. The van der Waals surface area contributed by atoms with Gasteiger partial charge in [-0.05, 0) is 18.2 Å². The summed E-state index contributed by atoms with van der Waals surface area (Å²) in [6.45, 7) is 0. The van der Waals surface area contributed by atoms with E-state index in [1.165, 1.54) is 18.2 Å². The van der Waals surface area contributed by atoms with Crippen molar-refractivity contribution in [2.75, 3.05) is 5.73 Å². The lowest BCUT2D eigenvalue weighted by atomic mass is 10.2. The second-order valence-corrected chi connectivity index (χ2v) is 2.14. The number of hydrogen-bond acceptors (Lipinski definition) is 3. The molecule has 0 aromatic heterocycles. The van der Waals surface area contributed by atoms with Crippen molar-refractivity contribution in [1.82, 2.24) is 0 Å². The number of anilines is 1. The van der Waals surface area contributed by atoms with Crippen LogP contribution in [0.15, 0.2) is 18.2 Å². The third kappa shape index (κ3) is 1.40. The normalized spacial score (nSPS) is 9.45. The Hall–Kier alpha value is -1.71. The minimum atomic E-state index is -0.583. The molecular formula is C7H8N2O2. The van der Waals surface area contributed by atoms with Crippen LogP contribution in [0, 0.1) is 0 Å². The summed E-state index contributed by atoms with van der Waals surface area (Å²) in [7, 11) is 0. The van der Waals surface area contributed by atoms with Gasteiger partial charge in [0.05, 0.1) is 5.69 Å².